The van der Waals surface area contributed by atoms with Gasteiger partial charge in [0.2, 0.25) is 10.0 Å². The lowest BCUT2D eigenvalue weighted by Gasteiger charge is -2.27. The van der Waals surface area contributed by atoms with E-state index in [0.29, 0.717) is 25.4 Å². The van der Waals surface area contributed by atoms with Crippen LogP contribution >= 0.6 is 0 Å². The van der Waals surface area contributed by atoms with Crippen LogP contribution in [0, 0.1) is 0 Å². The molecule has 2 N–H and O–H groups in total. The van der Waals surface area contributed by atoms with Crippen molar-refractivity contribution in [2.75, 3.05) is 19.7 Å². The molecule has 1 aromatic rings. The fraction of sp³-hybridized carbons (Fsp3) is 0.500. The third kappa shape index (κ3) is 3.74. The van der Waals surface area contributed by atoms with Crippen molar-refractivity contribution in [1.29, 1.82) is 0 Å². The zero-order valence-corrected chi connectivity index (χ0v) is 12.9. The molecule has 6 nitrogen and oxygen atoms in total. The number of piperidine rings is 1. The molecule has 0 unspecified atom stereocenters. The van der Waals surface area contributed by atoms with Crippen LogP contribution in [0.25, 0.3) is 0 Å². The normalized spacial score (nSPS) is 15.8. The molecule has 0 spiro atoms. The predicted octanol–water partition coefficient (Wildman–Crippen LogP) is 1.36. The van der Waals surface area contributed by atoms with E-state index in [-0.39, 0.29) is 16.4 Å². The fourth-order valence-corrected chi connectivity index (χ4v) is 2.94. The predicted molar refractivity (Wildman–Crippen MR) is 78.7 cm³/mol. The number of ether oxygens (including phenoxy) is 1. The number of nitrogens with zero attached hydrogens (tertiary/aromatic N) is 1. The van der Waals surface area contributed by atoms with E-state index in [1.54, 1.807) is 4.90 Å². The van der Waals surface area contributed by atoms with Crippen molar-refractivity contribution < 1.29 is 17.9 Å². The molecule has 1 fully saturated rings. The molecule has 1 saturated heterocycles. The SMILES string of the molecule is CCOc1ccc(S(N)(=O)=O)cc1C(=O)N1CCCCC1. The number of nitrogens with two attached hydrogens (primary N) is 1. The van der Waals surface area contributed by atoms with Gasteiger partial charge >= 0.3 is 0 Å². The molecule has 1 aromatic carbocycles. The van der Waals surface area contributed by atoms with Gasteiger partial charge in [0.25, 0.3) is 5.91 Å². The second-order valence-corrected chi connectivity index (χ2v) is 6.55. The molecular formula is C14H20N2O4S. The van der Waals surface area contributed by atoms with Gasteiger partial charge in [0.05, 0.1) is 17.1 Å². The first kappa shape index (κ1) is 15.8. The van der Waals surface area contributed by atoms with Crippen molar-refractivity contribution in [3.8, 4) is 5.75 Å². The van der Waals surface area contributed by atoms with Gasteiger partial charge in [-0.15, -0.1) is 0 Å². The van der Waals surface area contributed by atoms with Crippen LogP contribution in [0.5, 0.6) is 5.75 Å². The van der Waals surface area contributed by atoms with Gasteiger partial charge in [-0.2, -0.15) is 0 Å². The minimum absolute atomic E-state index is 0.0775. The van der Waals surface area contributed by atoms with Crippen molar-refractivity contribution in [1.82, 2.24) is 4.90 Å². The van der Waals surface area contributed by atoms with Crippen molar-refractivity contribution >= 4 is 15.9 Å². The van der Waals surface area contributed by atoms with Crippen LogP contribution in [0.3, 0.4) is 0 Å². The molecule has 7 heteroatoms. The highest BCUT2D eigenvalue weighted by molar-refractivity contribution is 7.89. The molecule has 116 valence electrons. The smallest absolute Gasteiger partial charge is 0.257 e. The third-order valence-corrected chi connectivity index (χ3v) is 4.36. The number of amides is 1. The summed E-state index contributed by atoms with van der Waals surface area (Å²) in [5.74, 6) is 0.184. The molecule has 0 aromatic heterocycles. The lowest BCUT2D eigenvalue weighted by Crippen LogP contribution is -2.36. The van der Waals surface area contributed by atoms with Gasteiger partial charge in [-0.3, -0.25) is 4.79 Å². The van der Waals surface area contributed by atoms with Crippen LogP contribution in [0.15, 0.2) is 23.1 Å². The number of benzene rings is 1. The Kier molecular flexibility index (Phi) is 4.84. The summed E-state index contributed by atoms with van der Waals surface area (Å²) in [5.41, 5.74) is 0.255. The number of sulfonamides is 1. The van der Waals surface area contributed by atoms with E-state index in [1.165, 1.54) is 18.2 Å². The maximum absolute atomic E-state index is 12.6. The summed E-state index contributed by atoms with van der Waals surface area (Å²) < 4.78 is 28.4. The summed E-state index contributed by atoms with van der Waals surface area (Å²) in [7, 11) is -3.85. The largest absolute Gasteiger partial charge is 0.493 e. The number of primary sulfonamides is 1. The number of likely N-dealkylation sites (tertiary alicyclic amines) is 1. The highest BCUT2D eigenvalue weighted by atomic mass is 32.2. The summed E-state index contributed by atoms with van der Waals surface area (Å²) in [6.07, 6.45) is 3.04. The molecule has 1 amide bonds. The Morgan fingerprint density at radius 3 is 2.52 bits per heavy atom. The molecule has 0 radical (unpaired) electrons. The zero-order valence-electron chi connectivity index (χ0n) is 12.0. The van der Waals surface area contributed by atoms with Gasteiger partial charge in [-0.1, -0.05) is 0 Å². The fourth-order valence-electron chi connectivity index (χ4n) is 2.40. The van der Waals surface area contributed by atoms with Gasteiger partial charge in [-0.25, -0.2) is 13.6 Å². The monoisotopic (exact) mass is 312 g/mol. The minimum atomic E-state index is -3.85. The van der Waals surface area contributed by atoms with Gasteiger partial charge in [0.15, 0.2) is 0 Å². The minimum Gasteiger partial charge on any atom is -0.493 e. The lowest BCUT2D eigenvalue weighted by atomic mass is 10.1. The summed E-state index contributed by atoms with van der Waals surface area (Å²) >= 11 is 0. The van der Waals surface area contributed by atoms with E-state index >= 15 is 0 Å². The van der Waals surface area contributed by atoms with Crippen LogP contribution in [-0.4, -0.2) is 38.9 Å². The Morgan fingerprint density at radius 2 is 1.95 bits per heavy atom. The lowest BCUT2D eigenvalue weighted by molar-refractivity contribution is 0.0720. The number of carbonyl (C=O) groups is 1. The first-order valence-corrected chi connectivity index (χ1v) is 8.57. The quantitative estimate of drug-likeness (QED) is 0.909. The molecule has 1 heterocycles. The topological polar surface area (TPSA) is 89.7 Å². The molecule has 1 aliphatic heterocycles. The summed E-state index contributed by atoms with van der Waals surface area (Å²) in [5, 5.41) is 5.13. The van der Waals surface area contributed by atoms with Crippen molar-refractivity contribution in [2.45, 2.75) is 31.1 Å². The number of carbonyl (C=O) groups excluding carboxylic acids is 1. The molecule has 0 bridgehead atoms. The van der Waals surface area contributed by atoms with Crippen LogP contribution in [0.1, 0.15) is 36.5 Å². The molecule has 0 atom stereocenters. The number of hydrogen-bond donors (Lipinski definition) is 1. The van der Waals surface area contributed by atoms with Crippen LogP contribution in [-0.2, 0) is 10.0 Å². The van der Waals surface area contributed by atoms with Gasteiger partial charge in [0.1, 0.15) is 5.75 Å². The average Bonchev–Trinajstić information content (AvgIpc) is 2.47. The molecule has 0 aliphatic carbocycles. The summed E-state index contributed by atoms with van der Waals surface area (Å²) in [4.78, 5) is 14.2. The van der Waals surface area contributed by atoms with Gasteiger partial charge in [0, 0.05) is 13.1 Å². The third-order valence-electron chi connectivity index (χ3n) is 3.45. The average molecular weight is 312 g/mol. The zero-order chi connectivity index (χ0) is 15.5. The van der Waals surface area contributed by atoms with Crippen LogP contribution in [0.4, 0.5) is 0 Å². The standard InChI is InChI=1S/C14H20N2O4S/c1-2-20-13-7-6-11(21(15,18)19)10-12(13)14(17)16-8-4-3-5-9-16/h6-7,10H,2-5,8-9H2,1H3,(H2,15,18,19). The van der Waals surface area contributed by atoms with Gasteiger partial charge in [-0.05, 0) is 44.4 Å². The van der Waals surface area contributed by atoms with E-state index in [1.807, 2.05) is 6.92 Å². The highest BCUT2D eigenvalue weighted by Crippen LogP contribution is 2.25. The summed E-state index contributed by atoms with van der Waals surface area (Å²) in [6, 6.07) is 4.14. The number of rotatable bonds is 4. The maximum Gasteiger partial charge on any atom is 0.257 e. The Morgan fingerprint density at radius 1 is 1.29 bits per heavy atom. The second-order valence-electron chi connectivity index (χ2n) is 4.99. The number of hydrogen-bond acceptors (Lipinski definition) is 4. The van der Waals surface area contributed by atoms with Crippen LogP contribution in [0.2, 0.25) is 0 Å². The Bertz CT molecular complexity index is 622. The summed E-state index contributed by atoms with van der Waals surface area (Å²) in [6.45, 7) is 3.58. The van der Waals surface area contributed by atoms with Gasteiger partial charge < -0.3 is 9.64 Å². The van der Waals surface area contributed by atoms with Crippen LogP contribution < -0.4 is 9.88 Å². The molecular weight excluding hydrogens is 292 g/mol. The molecule has 2 rings (SSSR count). The molecule has 0 saturated carbocycles. The first-order chi connectivity index (χ1) is 9.93. The first-order valence-electron chi connectivity index (χ1n) is 7.02. The second kappa shape index (κ2) is 6.44. The van der Waals surface area contributed by atoms with E-state index in [4.69, 9.17) is 9.88 Å². The van der Waals surface area contributed by atoms with E-state index in [0.717, 1.165) is 19.3 Å². The van der Waals surface area contributed by atoms with E-state index in [2.05, 4.69) is 0 Å². The molecule has 21 heavy (non-hydrogen) atoms. The van der Waals surface area contributed by atoms with E-state index < -0.39 is 10.0 Å². The Hall–Kier alpha value is -1.60. The maximum atomic E-state index is 12.6. The van der Waals surface area contributed by atoms with Crippen molar-refractivity contribution in [3.63, 3.8) is 0 Å². The highest BCUT2D eigenvalue weighted by Gasteiger charge is 2.23. The molecule has 1 aliphatic rings. The Balaban J connectivity index is 2.40. The Labute approximate surface area is 124 Å². The van der Waals surface area contributed by atoms with E-state index in [9.17, 15) is 13.2 Å². The van der Waals surface area contributed by atoms with Crippen molar-refractivity contribution in [2.24, 2.45) is 5.14 Å². The van der Waals surface area contributed by atoms with Crippen molar-refractivity contribution in [3.05, 3.63) is 23.8 Å².